The summed E-state index contributed by atoms with van der Waals surface area (Å²) < 4.78 is 5.79. The maximum Gasteiger partial charge on any atom is 0.193 e. The van der Waals surface area contributed by atoms with E-state index < -0.39 is 0 Å². The van der Waals surface area contributed by atoms with Gasteiger partial charge in [0.2, 0.25) is 0 Å². The van der Waals surface area contributed by atoms with Gasteiger partial charge >= 0.3 is 0 Å². The van der Waals surface area contributed by atoms with Gasteiger partial charge in [0, 0.05) is 11.9 Å². The Morgan fingerprint density at radius 3 is 2.77 bits per heavy atom. The van der Waals surface area contributed by atoms with Crippen molar-refractivity contribution < 1.29 is 4.74 Å². The van der Waals surface area contributed by atoms with Gasteiger partial charge in [-0.3, -0.25) is 4.98 Å². The first-order chi connectivity index (χ1) is 12.7. The zero-order chi connectivity index (χ0) is 18.2. The molecule has 0 saturated carbocycles. The average Bonchev–Trinajstić information content (AvgIpc) is 2.66. The number of pyridine rings is 1. The van der Waals surface area contributed by atoms with Crippen LogP contribution in [0.5, 0.6) is 5.75 Å². The lowest BCUT2D eigenvalue weighted by Crippen LogP contribution is -2.22. The smallest absolute Gasteiger partial charge is 0.193 e. The van der Waals surface area contributed by atoms with Crippen molar-refractivity contribution in [3.63, 3.8) is 0 Å². The summed E-state index contributed by atoms with van der Waals surface area (Å²) in [5, 5.41) is 3.10. The number of benzene rings is 2. The molecule has 0 amide bonds. The summed E-state index contributed by atoms with van der Waals surface area (Å²) in [6.45, 7) is 2.95. The number of ether oxygens (including phenoxy) is 1. The fourth-order valence-electron chi connectivity index (χ4n) is 2.46. The molecule has 0 aliphatic heterocycles. The van der Waals surface area contributed by atoms with Crippen LogP contribution in [0.15, 0.2) is 77.9 Å². The molecule has 1 aromatic heterocycles. The van der Waals surface area contributed by atoms with E-state index in [-0.39, 0.29) is 0 Å². The molecule has 0 aliphatic carbocycles. The van der Waals surface area contributed by atoms with Crippen LogP contribution in [-0.4, -0.2) is 10.9 Å². The third kappa shape index (κ3) is 5.34. The highest BCUT2D eigenvalue weighted by Gasteiger charge is 2.00. The number of aliphatic imine (C=N–C) groups is 1. The Morgan fingerprint density at radius 1 is 1.08 bits per heavy atom. The van der Waals surface area contributed by atoms with E-state index in [1.807, 2.05) is 73.7 Å². The fraction of sp³-hybridized carbons (Fsp3) is 0.143. The molecule has 2 aromatic carbocycles. The summed E-state index contributed by atoms with van der Waals surface area (Å²) in [5.74, 6) is 1.17. The standard InChI is InChI=1S/C21H22N4O/c1-16-6-4-9-18(12-16)25-21(22)24-14-17-7-5-10-20(13-17)26-15-19-8-2-3-11-23-19/h2-13H,14-15H2,1H3,(H3,22,24,25). The lowest BCUT2D eigenvalue weighted by Gasteiger charge is -2.08. The van der Waals surface area contributed by atoms with Crippen molar-refractivity contribution in [3.05, 3.63) is 89.7 Å². The van der Waals surface area contributed by atoms with Crippen LogP contribution in [0.4, 0.5) is 5.69 Å². The Kier molecular flexibility index (Phi) is 5.83. The van der Waals surface area contributed by atoms with E-state index in [9.17, 15) is 0 Å². The van der Waals surface area contributed by atoms with Crippen LogP contribution in [0.3, 0.4) is 0 Å². The Balaban J connectivity index is 1.57. The third-order valence-corrected chi connectivity index (χ3v) is 3.73. The number of nitrogens with two attached hydrogens (primary N) is 1. The first-order valence-corrected chi connectivity index (χ1v) is 8.44. The Hall–Kier alpha value is -3.34. The summed E-state index contributed by atoms with van der Waals surface area (Å²) in [6.07, 6.45) is 1.76. The highest BCUT2D eigenvalue weighted by molar-refractivity contribution is 5.92. The minimum absolute atomic E-state index is 0.385. The SMILES string of the molecule is Cc1cccc(NC(N)=NCc2cccc(OCc3ccccn3)c2)c1. The van der Waals surface area contributed by atoms with Crippen LogP contribution in [0.1, 0.15) is 16.8 Å². The lowest BCUT2D eigenvalue weighted by atomic mass is 10.2. The quantitative estimate of drug-likeness (QED) is 0.524. The molecule has 3 rings (SSSR count). The second-order valence-corrected chi connectivity index (χ2v) is 5.95. The molecule has 3 N–H and O–H groups in total. The summed E-state index contributed by atoms with van der Waals surface area (Å²) in [5.41, 5.74) is 9.99. The van der Waals surface area contributed by atoms with Gasteiger partial charge in [0.05, 0.1) is 12.2 Å². The largest absolute Gasteiger partial charge is 0.487 e. The molecule has 0 bridgehead atoms. The zero-order valence-electron chi connectivity index (χ0n) is 14.7. The van der Waals surface area contributed by atoms with Gasteiger partial charge in [-0.1, -0.05) is 30.3 Å². The molecule has 0 spiro atoms. The fourth-order valence-corrected chi connectivity index (χ4v) is 2.46. The Morgan fingerprint density at radius 2 is 1.96 bits per heavy atom. The monoisotopic (exact) mass is 346 g/mol. The van der Waals surface area contributed by atoms with Gasteiger partial charge < -0.3 is 15.8 Å². The van der Waals surface area contributed by atoms with Crippen molar-refractivity contribution in [1.82, 2.24) is 4.98 Å². The minimum Gasteiger partial charge on any atom is -0.487 e. The van der Waals surface area contributed by atoms with Crippen molar-refractivity contribution in [2.24, 2.45) is 10.7 Å². The van der Waals surface area contributed by atoms with Gasteiger partial charge in [-0.15, -0.1) is 0 Å². The normalized spacial score (nSPS) is 11.2. The highest BCUT2D eigenvalue weighted by atomic mass is 16.5. The molecule has 0 aliphatic rings. The molecule has 0 fully saturated rings. The Labute approximate surface area is 153 Å². The molecular weight excluding hydrogens is 324 g/mol. The van der Waals surface area contributed by atoms with E-state index in [2.05, 4.69) is 15.3 Å². The van der Waals surface area contributed by atoms with E-state index in [1.54, 1.807) is 6.20 Å². The van der Waals surface area contributed by atoms with Gasteiger partial charge in [-0.2, -0.15) is 0 Å². The highest BCUT2D eigenvalue weighted by Crippen LogP contribution is 2.16. The van der Waals surface area contributed by atoms with E-state index in [0.29, 0.717) is 19.1 Å². The molecule has 132 valence electrons. The van der Waals surface area contributed by atoms with Crippen LogP contribution in [0, 0.1) is 6.92 Å². The zero-order valence-corrected chi connectivity index (χ0v) is 14.7. The Bertz CT molecular complexity index is 878. The van der Waals surface area contributed by atoms with Crippen molar-refractivity contribution in [1.29, 1.82) is 0 Å². The predicted molar refractivity (Wildman–Crippen MR) is 105 cm³/mol. The molecular formula is C21H22N4O. The third-order valence-electron chi connectivity index (χ3n) is 3.73. The van der Waals surface area contributed by atoms with Crippen LogP contribution in [-0.2, 0) is 13.2 Å². The molecule has 26 heavy (non-hydrogen) atoms. The number of nitrogens with one attached hydrogen (secondary N) is 1. The van der Waals surface area contributed by atoms with E-state index in [4.69, 9.17) is 10.5 Å². The first-order valence-electron chi connectivity index (χ1n) is 8.44. The van der Waals surface area contributed by atoms with Gasteiger partial charge in [-0.05, 0) is 54.4 Å². The minimum atomic E-state index is 0.385. The maximum atomic E-state index is 5.98. The van der Waals surface area contributed by atoms with Gasteiger partial charge in [0.25, 0.3) is 0 Å². The molecule has 0 radical (unpaired) electrons. The number of aromatic nitrogens is 1. The van der Waals surface area contributed by atoms with Crippen LogP contribution < -0.4 is 15.8 Å². The molecule has 1 heterocycles. The van der Waals surface area contributed by atoms with Crippen LogP contribution in [0.2, 0.25) is 0 Å². The number of rotatable bonds is 6. The maximum absolute atomic E-state index is 5.98. The summed E-state index contributed by atoms with van der Waals surface area (Å²) in [7, 11) is 0. The molecule has 0 unspecified atom stereocenters. The number of hydrogen-bond acceptors (Lipinski definition) is 3. The van der Waals surface area contributed by atoms with Gasteiger partial charge in [0.15, 0.2) is 5.96 Å². The topological polar surface area (TPSA) is 72.5 Å². The number of hydrogen-bond donors (Lipinski definition) is 2. The van der Waals surface area contributed by atoms with Crippen molar-refractivity contribution in [3.8, 4) is 5.75 Å². The molecule has 0 atom stereocenters. The van der Waals surface area contributed by atoms with E-state index in [0.717, 1.165) is 22.7 Å². The second kappa shape index (κ2) is 8.67. The molecule has 5 heteroatoms. The van der Waals surface area contributed by atoms with Crippen molar-refractivity contribution >= 4 is 11.6 Å². The lowest BCUT2D eigenvalue weighted by molar-refractivity contribution is 0.301. The van der Waals surface area contributed by atoms with E-state index >= 15 is 0 Å². The molecule has 5 nitrogen and oxygen atoms in total. The second-order valence-electron chi connectivity index (χ2n) is 5.95. The molecule has 3 aromatic rings. The number of aryl methyl sites for hydroxylation is 1. The number of guanidine groups is 1. The van der Waals surface area contributed by atoms with Crippen molar-refractivity contribution in [2.45, 2.75) is 20.1 Å². The summed E-state index contributed by atoms with van der Waals surface area (Å²) in [6, 6.07) is 21.6. The average molecular weight is 346 g/mol. The number of nitrogens with zero attached hydrogens (tertiary/aromatic N) is 2. The van der Waals surface area contributed by atoms with Crippen LogP contribution >= 0.6 is 0 Å². The first kappa shape index (κ1) is 17.5. The van der Waals surface area contributed by atoms with Crippen LogP contribution in [0.25, 0.3) is 0 Å². The van der Waals surface area contributed by atoms with E-state index in [1.165, 1.54) is 5.56 Å². The number of anilines is 1. The summed E-state index contributed by atoms with van der Waals surface area (Å²) in [4.78, 5) is 8.64. The predicted octanol–water partition coefficient (Wildman–Crippen LogP) is 3.90. The van der Waals surface area contributed by atoms with Gasteiger partial charge in [-0.25, -0.2) is 4.99 Å². The van der Waals surface area contributed by atoms with Crippen molar-refractivity contribution in [2.75, 3.05) is 5.32 Å². The molecule has 0 saturated heterocycles. The summed E-state index contributed by atoms with van der Waals surface area (Å²) >= 11 is 0. The van der Waals surface area contributed by atoms with Gasteiger partial charge in [0.1, 0.15) is 12.4 Å².